The van der Waals surface area contributed by atoms with Crippen LogP contribution in [0.1, 0.15) is 71.6 Å². The van der Waals surface area contributed by atoms with Gasteiger partial charge in [-0.1, -0.05) is 39.5 Å². The zero-order chi connectivity index (χ0) is 14.0. The van der Waals surface area contributed by atoms with Gasteiger partial charge in [0.05, 0.1) is 16.2 Å². The van der Waals surface area contributed by atoms with Gasteiger partial charge < -0.3 is 9.66 Å². The molecular weight excluding hydrogens is 291 g/mol. The predicted molar refractivity (Wildman–Crippen MR) is 72.4 cm³/mol. The molecule has 1 N–H and O–H groups in total. The Bertz CT molecular complexity index is 293. The normalized spacial score (nSPS) is 14.7. The minimum absolute atomic E-state index is 0. The third-order valence-electron chi connectivity index (χ3n) is 3.22. The first kappa shape index (κ1) is 22.8. The van der Waals surface area contributed by atoms with Gasteiger partial charge in [-0.3, -0.25) is 0 Å². The standard InChI is InChI=1S/C13H28O4S.K/c1-3-5-6-9-12(14)10-7-11-13(8-4-2)18(15,16)17;/h12-14H,3-11H2,1-2H3,(H,15,16,17);/q;+1/p-1. The smallest absolute Gasteiger partial charge is 0.748 e. The molecule has 0 heterocycles. The van der Waals surface area contributed by atoms with Gasteiger partial charge in [0.15, 0.2) is 0 Å². The topological polar surface area (TPSA) is 77.4 Å². The van der Waals surface area contributed by atoms with E-state index in [9.17, 15) is 18.1 Å². The largest absolute Gasteiger partial charge is 1.00 e. The van der Waals surface area contributed by atoms with Crippen LogP contribution in [0.15, 0.2) is 0 Å². The molecule has 0 saturated heterocycles. The molecule has 0 spiro atoms. The summed E-state index contributed by atoms with van der Waals surface area (Å²) in [6.45, 7) is 3.98. The van der Waals surface area contributed by atoms with Gasteiger partial charge in [-0.15, -0.1) is 0 Å². The van der Waals surface area contributed by atoms with Crippen LogP contribution in [0.4, 0.5) is 0 Å². The molecule has 110 valence electrons. The molecule has 2 unspecified atom stereocenters. The molecule has 0 aromatic rings. The van der Waals surface area contributed by atoms with Gasteiger partial charge in [0.25, 0.3) is 0 Å². The first-order valence-corrected chi connectivity index (χ1v) is 8.51. The maximum atomic E-state index is 11.0. The van der Waals surface area contributed by atoms with E-state index in [1.165, 1.54) is 0 Å². The molecule has 0 aromatic carbocycles. The molecule has 0 rings (SSSR count). The van der Waals surface area contributed by atoms with Crippen molar-refractivity contribution in [3.8, 4) is 0 Å². The Morgan fingerprint density at radius 1 is 0.947 bits per heavy atom. The Morgan fingerprint density at radius 2 is 1.53 bits per heavy atom. The SMILES string of the molecule is CCCCCC(O)CCCC(CCC)S(=O)(=O)[O-].[K+]. The summed E-state index contributed by atoms with van der Waals surface area (Å²) >= 11 is 0. The average Bonchev–Trinajstić information content (AvgIpc) is 2.27. The summed E-state index contributed by atoms with van der Waals surface area (Å²) in [6.07, 6.45) is 6.39. The molecule has 0 aliphatic carbocycles. The Balaban J connectivity index is 0. The van der Waals surface area contributed by atoms with Crippen molar-refractivity contribution >= 4 is 10.1 Å². The monoisotopic (exact) mass is 318 g/mol. The van der Waals surface area contributed by atoms with Crippen molar-refractivity contribution in [1.82, 2.24) is 0 Å². The van der Waals surface area contributed by atoms with Crippen molar-refractivity contribution < 1.29 is 69.5 Å². The van der Waals surface area contributed by atoms with E-state index in [4.69, 9.17) is 0 Å². The predicted octanol–water partition coefficient (Wildman–Crippen LogP) is -0.184. The van der Waals surface area contributed by atoms with Crippen LogP contribution < -0.4 is 51.4 Å². The van der Waals surface area contributed by atoms with Crippen molar-refractivity contribution in [2.75, 3.05) is 0 Å². The van der Waals surface area contributed by atoms with Crippen LogP contribution in [0, 0.1) is 0 Å². The van der Waals surface area contributed by atoms with Gasteiger partial charge in [-0.25, -0.2) is 8.42 Å². The minimum Gasteiger partial charge on any atom is -0.748 e. The molecule has 0 radical (unpaired) electrons. The van der Waals surface area contributed by atoms with E-state index in [0.29, 0.717) is 32.1 Å². The summed E-state index contributed by atoms with van der Waals surface area (Å²) < 4.78 is 33.0. The van der Waals surface area contributed by atoms with E-state index in [0.717, 1.165) is 25.7 Å². The van der Waals surface area contributed by atoms with E-state index >= 15 is 0 Å². The molecule has 0 aliphatic heterocycles. The van der Waals surface area contributed by atoms with Gasteiger partial charge in [-0.2, -0.15) is 0 Å². The number of hydrogen-bond donors (Lipinski definition) is 1. The van der Waals surface area contributed by atoms with Gasteiger partial charge in [0, 0.05) is 5.25 Å². The van der Waals surface area contributed by atoms with Gasteiger partial charge in [0.2, 0.25) is 0 Å². The number of hydrogen-bond acceptors (Lipinski definition) is 4. The van der Waals surface area contributed by atoms with E-state index in [1.54, 1.807) is 0 Å². The van der Waals surface area contributed by atoms with Crippen LogP contribution in [-0.4, -0.2) is 29.4 Å². The van der Waals surface area contributed by atoms with Gasteiger partial charge >= 0.3 is 51.4 Å². The molecular formula is C13H27KO4S. The van der Waals surface area contributed by atoms with Crippen LogP contribution in [-0.2, 0) is 10.1 Å². The first-order chi connectivity index (χ1) is 8.41. The van der Waals surface area contributed by atoms with Crippen molar-refractivity contribution in [2.45, 2.75) is 83.0 Å². The fourth-order valence-corrected chi connectivity index (χ4v) is 3.09. The van der Waals surface area contributed by atoms with Crippen molar-refractivity contribution in [2.24, 2.45) is 0 Å². The molecule has 2 atom stereocenters. The quantitative estimate of drug-likeness (QED) is 0.326. The van der Waals surface area contributed by atoms with Crippen molar-refractivity contribution in [3.63, 3.8) is 0 Å². The molecule has 19 heavy (non-hydrogen) atoms. The Morgan fingerprint density at radius 3 is 2.00 bits per heavy atom. The van der Waals surface area contributed by atoms with E-state index in [-0.39, 0.29) is 57.5 Å². The maximum absolute atomic E-state index is 11.0. The van der Waals surface area contributed by atoms with E-state index in [1.807, 2.05) is 6.92 Å². The second-order valence-electron chi connectivity index (χ2n) is 4.98. The zero-order valence-electron chi connectivity index (χ0n) is 12.6. The second kappa shape index (κ2) is 13.2. The fourth-order valence-electron chi connectivity index (χ4n) is 2.11. The second-order valence-corrected chi connectivity index (χ2v) is 6.64. The van der Waals surface area contributed by atoms with Gasteiger partial charge in [-0.05, 0) is 32.1 Å². The van der Waals surface area contributed by atoms with Gasteiger partial charge in [0.1, 0.15) is 0 Å². The van der Waals surface area contributed by atoms with Crippen molar-refractivity contribution in [3.05, 3.63) is 0 Å². The molecule has 0 aromatic heterocycles. The summed E-state index contributed by atoms with van der Waals surface area (Å²) in [5, 5.41) is 8.92. The van der Waals surface area contributed by atoms with E-state index < -0.39 is 15.4 Å². The molecule has 0 saturated carbocycles. The Hall–Kier alpha value is 1.51. The molecule has 4 nitrogen and oxygen atoms in total. The summed E-state index contributed by atoms with van der Waals surface area (Å²) in [5.74, 6) is 0. The number of aliphatic hydroxyl groups excluding tert-OH is 1. The first-order valence-electron chi connectivity index (χ1n) is 7.04. The zero-order valence-corrected chi connectivity index (χ0v) is 16.5. The third kappa shape index (κ3) is 12.9. The average molecular weight is 319 g/mol. The summed E-state index contributed by atoms with van der Waals surface area (Å²) in [4.78, 5) is 0. The van der Waals surface area contributed by atoms with Crippen LogP contribution in [0.5, 0.6) is 0 Å². The Kier molecular flexibility index (Phi) is 15.8. The van der Waals surface area contributed by atoms with Crippen LogP contribution in [0.25, 0.3) is 0 Å². The Labute approximate surface area is 160 Å². The molecule has 0 bridgehead atoms. The number of unbranched alkanes of at least 4 members (excludes halogenated alkanes) is 2. The third-order valence-corrected chi connectivity index (χ3v) is 4.51. The van der Waals surface area contributed by atoms with Crippen LogP contribution >= 0.6 is 0 Å². The minimum atomic E-state index is -4.18. The van der Waals surface area contributed by atoms with Crippen LogP contribution in [0.3, 0.4) is 0 Å². The van der Waals surface area contributed by atoms with Crippen molar-refractivity contribution in [1.29, 1.82) is 0 Å². The molecule has 0 aliphatic rings. The molecule has 0 fully saturated rings. The number of rotatable bonds is 11. The summed E-state index contributed by atoms with van der Waals surface area (Å²) in [7, 11) is -4.18. The molecule has 6 heteroatoms. The summed E-state index contributed by atoms with van der Waals surface area (Å²) in [6, 6.07) is 0. The maximum Gasteiger partial charge on any atom is 1.00 e. The fraction of sp³-hybridized carbons (Fsp3) is 1.00. The summed E-state index contributed by atoms with van der Waals surface area (Å²) in [5.41, 5.74) is 0. The molecule has 0 amide bonds. The van der Waals surface area contributed by atoms with E-state index in [2.05, 4.69) is 6.92 Å². The number of aliphatic hydroxyl groups is 1. The van der Waals surface area contributed by atoms with Crippen LogP contribution in [0.2, 0.25) is 0 Å².